The van der Waals surface area contributed by atoms with Gasteiger partial charge in [0.05, 0.1) is 4.90 Å². The number of unbranched alkanes of at least 4 members (excludes halogenated alkanes) is 8. The van der Waals surface area contributed by atoms with Crippen molar-refractivity contribution in [3.05, 3.63) is 42.5 Å². The Labute approximate surface area is 262 Å². The molecule has 1 heterocycles. The van der Waals surface area contributed by atoms with Gasteiger partial charge in [0.15, 0.2) is 5.96 Å². The summed E-state index contributed by atoms with van der Waals surface area (Å²) >= 11 is 0. The van der Waals surface area contributed by atoms with Crippen molar-refractivity contribution < 1.29 is 18.0 Å². The van der Waals surface area contributed by atoms with Crippen LogP contribution in [-0.4, -0.2) is 81.3 Å². The quantitative estimate of drug-likeness (QED) is 0.105. The fourth-order valence-corrected chi connectivity index (χ4v) is 7.08. The first-order valence-corrected chi connectivity index (χ1v) is 17.5. The number of amides is 2. The van der Waals surface area contributed by atoms with Gasteiger partial charge < -0.3 is 27.0 Å². The standard InChI is InChI=1S/C32H51N7O4S/c33-20-11-7-5-3-1-2-4-6-8-19-30(40)38-22-24-39(25-23-38)31(41)28(17-13-21-36-32(34)35)37-44(42,43)29-18-12-15-26-14-9-10-16-27(26)29/h9-10,12,14-16,18,28,37H,1-8,11,13,17,19-25,33H2,(H4,34,35,36)/t28-/m0/s1. The van der Waals surface area contributed by atoms with E-state index in [4.69, 9.17) is 17.2 Å². The van der Waals surface area contributed by atoms with E-state index in [-0.39, 0.29) is 35.6 Å². The fourth-order valence-electron chi connectivity index (χ4n) is 5.63. The largest absolute Gasteiger partial charge is 0.370 e. The van der Waals surface area contributed by atoms with E-state index in [2.05, 4.69) is 9.71 Å². The molecular weight excluding hydrogens is 578 g/mol. The number of hydrogen-bond acceptors (Lipinski definition) is 6. The third-order valence-corrected chi connectivity index (χ3v) is 9.65. The highest BCUT2D eigenvalue weighted by molar-refractivity contribution is 7.89. The molecule has 1 aliphatic heterocycles. The van der Waals surface area contributed by atoms with Gasteiger partial charge in [0.1, 0.15) is 6.04 Å². The van der Waals surface area contributed by atoms with Crippen LogP contribution in [0.1, 0.15) is 77.0 Å². The van der Waals surface area contributed by atoms with Crippen LogP contribution in [0.5, 0.6) is 0 Å². The van der Waals surface area contributed by atoms with Gasteiger partial charge in [0.25, 0.3) is 0 Å². The number of sulfonamides is 1. The molecule has 0 aromatic heterocycles. The number of carbonyl (C=O) groups excluding carboxylic acids is 2. The Balaban J connectivity index is 1.52. The minimum absolute atomic E-state index is 0.0564. The van der Waals surface area contributed by atoms with Gasteiger partial charge in [0.2, 0.25) is 21.8 Å². The maximum absolute atomic E-state index is 13.7. The first-order chi connectivity index (χ1) is 21.2. The summed E-state index contributed by atoms with van der Waals surface area (Å²) in [6.07, 6.45) is 11.5. The number of piperazine rings is 1. The Morgan fingerprint density at radius 2 is 1.39 bits per heavy atom. The molecule has 1 atom stereocenters. The van der Waals surface area contributed by atoms with E-state index in [0.29, 0.717) is 44.4 Å². The van der Waals surface area contributed by atoms with Crippen LogP contribution in [0, 0.1) is 0 Å². The molecule has 0 radical (unpaired) electrons. The monoisotopic (exact) mass is 629 g/mol. The number of hydrogen-bond donors (Lipinski definition) is 4. The van der Waals surface area contributed by atoms with Crippen molar-refractivity contribution in [2.24, 2.45) is 22.2 Å². The van der Waals surface area contributed by atoms with Crippen LogP contribution in [0.2, 0.25) is 0 Å². The second-order valence-electron chi connectivity index (χ2n) is 11.5. The summed E-state index contributed by atoms with van der Waals surface area (Å²) in [5.41, 5.74) is 16.4. The van der Waals surface area contributed by atoms with E-state index in [1.165, 1.54) is 32.1 Å². The van der Waals surface area contributed by atoms with Crippen molar-refractivity contribution in [1.82, 2.24) is 14.5 Å². The Kier molecular flexibility index (Phi) is 14.9. The van der Waals surface area contributed by atoms with Crippen LogP contribution in [0.4, 0.5) is 0 Å². The van der Waals surface area contributed by atoms with Gasteiger partial charge in [-0.15, -0.1) is 0 Å². The Bertz CT molecular complexity index is 1320. The number of nitrogens with two attached hydrogens (primary N) is 3. The molecule has 44 heavy (non-hydrogen) atoms. The van der Waals surface area contributed by atoms with Crippen molar-refractivity contribution in [3.8, 4) is 0 Å². The highest BCUT2D eigenvalue weighted by Crippen LogP contribution is 2.23. The zero-order valence-electron chi connectivity index (χ0n) is 26.0. The van der Waals surface area contributed by atoms with Gasteiger partial charge >= 0.3 is 0 Å². The molecule has 0 saturated carbocycles. The third-order valence-electron chi connectivity index (χ3n) is 8.12. The van der Waals surface area contributed by atoms with Crippen molar-refractivity contribution >= 4 is 38.6 Å². The topological polar surface area (TPSA) is 177 Å². The number of fused-ring (bicyclic) bond motifs is 1. The molecule has 2 aromatic rings. The normalized spacial score (nSPS) is 14.5. The van der Waals surface area contributed by atoms with Crippen LogP contribution in [0.15, 0.2) is 52.4 Å². The summed E-state index contributed by atoms with van der Waals surface area (Å²) < 4.78 is 29.8. The Morgan fingerprint density at radius 1 is 0.795 bits per heavy atom. The summed E-state index contributed by atoms with van der Waals surface area (Å²) in [6, 6.07) is 11.3. The van der Waals surface area contributed by atoms with Gasteiger partial charge in [-0.05, 0) is 43.7 Å². The van der Waals surface area contributed by atoms with Crippen molar-refractivity contribution in [2.75, 3.05) is 39.3 Å². The molecule has 1 fully saturated rings. The second-order valence-corrected chi connectivity index (χ2v) is 13.2. The van der Waals surface area contributed by atoms with E-state index >= 15 is 0 Å². The van der Waals surface area contributed by atoms with Crippen LogP contribution >= 0.6 is 0 Å². The minimum atomic E-state index is -4.02. The number of aliphatic imine (C=N–C) groups is 1. The molecule has 1 saturated heterocycles. The molecule has 3 rings (SSSR count). The summed E-state index contributed by atoms with van der Waals surface area (Å²) in [5, 5.41) is 1.38. The minimum Gasteiger partial charge on any atom is -0.370 e. The number of guanidine groups is 1. The molecule has 0 aliphatic carbocycles. The van der Waals surface area contributed by atoms with E-state index < -0.39 is 16.1 Å². The molecule has 12 heteroatoms. The van der Waals surface area contributed by atoms with Crippen LogP contribution in [0.25, 0.3) is 10.8 Å². The van der Waals surface area contributed by atoms with E-state index in [1.54, 1.807) is 29.2 Å². The smallest absolute Gasteiger partial charge is 0.241 e. The molecule has 0 bridgehead atoms. The number of rotatable bonds is 19. The molecule has 11 nitrogen and oxygen atoms in total. The lowest BCUT2D eigenvalue weighted by Gasteiger charge is -2.36. The lowest BCUT2D eigenvalue weighted by atomic mass is 10.1. The van der Waals surface area contributed by atoms with E-state index in [9.17, 15) is 18.0 Å². The number of benzene rings is 2. The molecule has 244 valence electrons. The maximum atomic E-state index is 13.7. The molecule has 0 unspecified atom stereocenters. The lowest BCUT2D eigenvalue weighted by molar-refractivity contribution is -0.140. The van der Waals surface area contributed by atoms with Gasteiger partial charge in [-0.3, -0.25) is 14.6 Å². The third kappa shape index (κ3) is 11.4. The van der Waals surface area contributed by atoms with Crippen LogP contribution in [0.3, 0.4) is 0 Å². The molecule has 2 amide bonds. The molecule has 0 spiro atoms. The highest BCUT2D eigenvalue weighted by Gasteiger charge is 2.32. The SMILES string of the molecule is NCCCCCCCCCCCC(=O)N1CCN(C(=O)[C@H](CCCN=C(N)N)NS(=O)(=O)c2cccc3ccccc23)CC1. The van der Waals surface area contributed by atoms with Crippen molar-refractivity contribution in [3.63, 3.8) is 0 Å². The van der Waals surface area contributed by atoms with Crippen LogP contribution < -0.4 is 21.9 Å². The summed E-state index contributed by atoms with van der Waals surface area (Å²) in [4.78, 5) is 34.0. The van der Waals surface area contributed by atoms with Crippen LogP contribution in [-0.2, 0) is 19.6 Å². The fraction of sp³-hybridized carbons (Fsp3) is 0.594. The van der Waals surface area contributed by atoms with Gasteiger partial charge in [0, 0.05) is 44.5 Å². The Hall–Kier alpha value is -3.22. The average Bonchev–Trinajstić information content (AvgIpc) is 3.02. The number of carbonyl (C=O) groups is 2. The van der Waals surface area contributed by atoms with E-state index in [1.807, 2.05) is 23.1 Å². The summed E-state index contributed by atoms with van der Waals surface area (Å²) in [7, 11) is -4.02. The summed E-state index contributed by atoms with van der Waals surface area (Å²) in [5.74, 6) is -0.253. The molecule has 1 aliphatic rings. The molecule has 2 aromatic carbocycles. The van der Waals surface area contributed by atoms with Crippen molar-refractivity contribution in [1.29, 1.82) is 0 Å². The number of nitrogens with zero attached hydrogens (tertiary/aromatic N) is 3. The Morgan fingerprint density at radius 3 is 2.05 bits per heavy atom. The number of nitrogens with one attached hydrogen (secondary N) is 1. The maximum Gasteiger partial charge on any atom is 0.241 e. The highest BCUT2D eigenvalue weighted by atomic mass is 32.2. The summed E-state index contributed by atoms with van der Waals surface area (Å²) in [6.45, 7) is 2.63. The van der Waals surface area contributed by atoms with Gasteiger partial charge in [-0.1, -0.05) is 81.3 Å². The molecule has 7 N–H and O–H groups in total. The van der Waals surface area contributed by atoms with E-state index in [0.717, 1.165) is 37.6 Å². The average molecular weight is 630 g/mol. The van der Waals surface area contributed by atoms with Crippen molar-refractivity contribution in [2.45, 2.75) is 88.0 Å². The van der Waals surface area contributed by atoms with Gasteiger partial charge in [-0.2, -0.15) is 4.72 Å². The second kappa shape index (κ2) is 18.6. The lowest BCUT2D eigenvalue weighted by Crippen LogP contribution is -2.55. The first kappa shape index (κ1) is 35.3. The zero-order valence-corrected chi connectivity index (χ0v) is 26.8. The van der Waals surface area contributed by atoms with Gasteiger partial charge in [-0.25, -0.2) is 8.42 Å². The zero-order chi connectivity index (χ0) is 31.8. The predicted octanol–water partition coefficient (Wildman–Crippen LogP) is 3.07. The predicted molar refractivity (Wildman–Crippen MR) is 176 cm³/mol. The molecular formula is C32H51N7O4S. The first-order valence-electron chi connectivity index (χ1n) is 16.0.